The molecule has 2 atom stereocenters. The van der Waals surface area contributed by atoms with E-state index >= 15 is 0 Å². The van der Waals surface area contributed by atoms with Crippen LogP contribution in [0.3, 0.4) is 0 Å². The molecule has 120 valence electrons. The Morgan fingerprint density at radius 1 is 1.22 bits per heavy atom. The van der Waals surface area contributed by atoms with Crippen molar-refractivity contribution in [2.24, 2.45) is 11.8 Å². The summed E-state index contributed by atoms with van der Waals surface area (Å²) < 4.78 is 2.30. The van der Waals surface area contributed by atoms with Gasteiger partial charge in [-0.25, -0.2) is 4.98 Å². The van der Waals surface area contributed by atoms with Crippen molar-refractivity contribution in [1.29, 1.82) is 0 Å². The summed E-state index contributed by atoms with van der Waals surface area (Å²) in [5, 5.41) is 11.6. The Balaban J connectivity index is 1.66. The highest BCUT2D eigenvalue weighted by Gasteiger charge is 2.44. The minimum atomic E-state index is -0.172. The second-order valence-electron chi connectivity index (χ2n) is 7.22. The Kier molecular flexibility index (Phi) is 2.69. The summed E-state index contributed by atoms with van der Waals surface area (Å²) in [6.07, 6.45) is 7.85. The van der Waals surface area contributed by atoms with E-state index < -0.39 is 0 Å². The molecule has 2 aromatic heterocycles. The number of hydrogen-bond donors (Lipinski definition) is 2. The van der Waals surface area contributed by atoms with Crippen LogP contribution in [0, 0.1) is 11.8 Å². The van der Waals surface area contributed by atoms with Crippen LogP contribution in [0.25, 0.3) is 11.5 Å². The summed E-state index contributed by atoms with van der Waals surface area (Å²) >= 11 is 0. The van der Waals surface area contributed by atoms with Gasteiger partial charge in [-0.2, -0.15) is 0 Å². The Labute approximate surface area is 133 Å². The number of carbonyl (C=O) groups excluding carboxylic acids is 1. The summed E-state index contributed by atoms with van der Waals surface area (Å²) in [5.41, 5.74) is 1.08. The number of imidazole rings is 1. The van der Waals surface area contributed by atoms with Crippen LogP contribution in [-0.2, 0) is 0 Å². The van der Waals surface area contributed by atoms with Crippen molar-refractivity contribution in [2.75, 3.05) is 7.05 Å². The number of nitrogens with one attached hydrogen (secondary N) is 2. The lowest BCUT2D eigenvalue weighted by molar-refractivity contribution is 0.0959. The lowest BCUT2D eigenvalue weighted by Crippen LogP contribution is -2.27. The highest BCUT2D eigenvalue weighted by atomic mass is 16.1. The third-order valence-corrected chi connectivity index (χ3v) is 5.87. The predicted molar refractivity (Wildman–Crippen MR) is 82.8 cm³/mol. The van der Waals surface area contributed by atoms with Gasteiger partial charge in [0.1, 0.15) is 17.2 Å². The zero-order chi connectivity index (χ0) is 15.6. The number of rotatable bonds is 2. The van der Waals surface area contributed by atoms with Crippen LogP contribution < -0.4 is 5.32 Å². The molecule has 0 radical (unpaired) electrons. The number of aromatic nitrogens is 5. The van der Waals surface area contributed by atoms with Gasteiger partial charge in [0.15, 0.2) is 5.82 Å². The number of amides is 1. The number of nitrogens with zero attached hydrogens (tertiary/aromatic N) is 4. The molecule has 23 heavy (non-hydrogen) atoms. The van der Waals surface area contributed by atoms with Gasteiger partial charge in [0.2, 0.25) is 0 Å². The van der Waals surface area contributed by atoms with E-state index in [9.17, 15) is 4.79 Å². The smallest absolute Gasteiger partial charge is 0.269 e. The van der Waals surface area contributed by atoms with Crippen molar-refractivity contribution in [3.05, 3.63) is 17.8 Å². The van der Waals surface area contributed by atoms with Gasteiger partial charge < -0.3 is 14.9 Å². The molecule has 0 saturated heterocycles. The quantitative estimate of drug-likeness (QED) is 0.886. The largest absolute Gasteiger partial charge is 0.354 e. The molecule has 7 heteroatoms. The van der Waals surface area contributed by atoms with Crippen LogP contribution in [-0.4, -0.2) is 37.7 Å². The van der Waals surface area contributed by atoms with Crippen molar-refractivity contribution in [1.82, 2.24) is 30.0 Å². The molecule has 1 amide bonds. The van der Waals surface area contributed by atoms with Crippen LogP contribution in [0.2, 0.25) is 0 Å². The molecule has 7 nitrogen and oxygen atoms in total. The average Bonchev–Trinajstić information content (AvgIpc) is 3.15. The number of carbonyl (C=O) groups is 1. The van der Waals surface area contributed by atoms with Gasteiger partial charge >= 0.3 is 0 Å². The maximum absolute atomic E-state index is 12.1. The maximum atomic E-state index is 12.1. The lowest BCUT2D eigenvalue weighted by atomic mass is 9.68. The van der Waals surface area contributed by atoms with Gasteiger partial charge in [-0.05, 0) is 43.9 Å². The van der Waals surface area contributed by atoms with Gasteiger partial charge in [-0.1, -0.05) is 0 Å². The number of hydrogen-bond acceptors (Lipinski definition) is 4. The zero-order valence-electron chi connectivity index (χ0n) is 13.1. The molecule has 2 saturated carbocycles. The van der Waals surface area contributed by atoms with E-state index in [1.54, 1.807) is 13.4 Å². The fourth-order valence-corrected chi connectivity index (χ4v) is 5.10. The Morgan fingerprint density at radius 2 is 2.00 bits per heavy atom. The second-order valence-corrected chi connectivity index (χ2v) is 7.22. The summed E-state index contributed by atoms with van der Waals surface area (Å²) in [4.78, 5) is 19.4. The van der Waals surface area contributed by atoms with Crippen molar-refractivity contribution in [3.63, 3.8) is 0 Å². The van der Waals surface area contributed by atoms with E-state index in [1.165, 1.54) is 32.1 Å². The molecule has 4 heterocycles. The molecule has 6 rings (SSSR count). The molecule has 2 unspecified atom stereocenters. The molecule has 2 aliphatic carbocycles. The van der Waals surface area contributed by atoms with Crippen molar-refractivity contribution in [3.8, 4) is 11.5 Å². The molecule has 2 fully saturated rings. The SMILES string of the molecule is CNC(=O)c1[nH]cnc1-c1nnc2n1C1CC3CC(CC2C3)C1. The highest BCUT2D eigenvalue weighted by Crippen LogP contribution is 2.53. The third kappa shape index (κ3) is 1.82. The van der Waals surface area contributed by atoms with Gasteiger partial charge in [0.05, 0.1) is 6.33 Å². The molecule has 4 aliphatic rings. The Hall–Kier alpha value is -2.18. The lowest BCUT2D eigenvalue weighted by Gasteiger charge is -2.38. The van der Waals surface area contributed by atoms with Gasteiger partial charge in [0, 0.05) is 19.0 Å². The van der Waals surface area contributed by atoms with Crippen LogP contribution >= 0.6 is 0 Å². The van der Waals surface area contributed by atoms with E-state index in [0.717, 1.165) is 23.5 Å². The standard InChI is InChI=1S/C16H20N6O/c1-17-16(23)13-12(18-7-19-13)15-21-20-14-10-3-8-2-9(4-10)6-11(5-8)22(14)15/h7-11H,2-6H2,1H3,(H,17,23)(H,18,19). The maximum Gasteiger partial charge on any atom is 0.269 e. The fraction of sp³-hybridized carbons (Fsp3) is 0.625. The molecule has 0 spiro atoms. The third-order valence-electron chi connectivity index (χ3n) is 5.87. The van der Waals surface area contributed by atoms with E-state index in [2.05, 4.69) is 30.0 Å². The molecule has 0 aromatic carbocycles. The Bertz CT molecular complexity index is 763. The average molecular weight is 312 g/mol. The first-order valence-electron chi connectivity index (χ1n) is 8.45. The minimum Gasteiger partial charge on any atom is -0.354 e. The molecular formula is C16H20N6O. The summed E-state index contributed by atoms with van der Waals surface area (Å²) in [6.45, 7) is 0. The van der Waals surface area contributed by atoms with Crippen LogP contribution in [0.5, 0.6) is 0 Å². The van der Waals surface area contributed by atoms with Crippen LogP contribution in [0.15, 0.2) is 6.33 Å². The number of H-pyrrole nitrogens is 1. The summed E-state index contributed by atoms with van der Waals surface area (Å²) in [6, 6.07) is 0.459. The summed E-state index contributed by atoms with van der Waals surface area (Å²) in [5.74, 6) is 3.86. The predicted octanol–water partition coefficient (Wildman–Crippen LogP) is 1.88. The fourth-order valence-electron chi connectivity index (χ4n) is 5.10. The zero-order valence-corrected chi connectivity index (χ0v) is 13.1. The highest BCUT2D eigenvalue weighted by molar-refractivity contribution is 5.97. The van der Waals surface area contributed by atoms with Gasteiger partial charge in [-0.3, -0.25) is 4.79 Å². The van der Waals surface area contributed by atoms with Crippen LogP contribution in [0.4, 0.5) is 0 Å². The number of aromatic amines is 1. The van der Waals surface area contributed by atoms with Gasteiger partial charge in [0.25, 0.3) is 5.91 Å². The molecule has 4 bridgehead atoms. The van der Waals surface area contributed by atoms with E-state index in [0.29, 0.717) is 23.3 Å². The van der Waals surface area contributed by atoms with Crippen molar-refractivity contribution >= 4 is 5.91 Å². The molecule has 2 N–H and O–H groups in total. The van der Waals surface area contributed by atoms with Crippen molar-refractivity contribution < 1.29 is 4.79 Å². The van der Waals surface area contributed by atoms with E-state index in [1.807, 2.05) is 0 Å². The second kappa shape index (κ2) is 4.66. The first kappa shape index (κ1) is 13.3. The Morgan fingerprint density at radius 3 is 2.74 bits per heavy atom. The molecular weight excluding hydrogens is 292 g/mol. The van der Waals surface area contributed by atoms with Gasteiger partial charge in [-0.15, -0.1) is 10.2 Å². The van der Waals surface area contributed by atoms with Crippen LogP contribution in [0.1, 0.15) is 60.4 Å². The first-order chi connectivity index (χ1) is 11.2. The van der Waals surface area contributed by atoms with E-state index in [-0.39, 0.29) is 5.91 Å². The molecule has 2 aromatic rings. The first-order valence-corrected chi connectivity index (χ1v) is 8.45. The minimum absolute atomic E-state index is 0.172. The van der Waals surface area contributed by atoms with E-state index in [4.69, 9.17) is 0 Å². The molecule has 2 aliphatic heterocycles. The summed E-state index contributed by atoms with van der Waals surface area (Å²) in [7, 11) is 1.62. The van der Waals surface area contributed by atoms with Crippen molar-refractivity contribution in [2.45, 2.75) is 44.1 Å². The normalized spacial score (nSPS) is 31.0. The monoisotopic (exact) mass is 312 g/mol. The topological polar surface area (TPSA) is 88.5 Å².